The number of amides is 1. The van der Waals surface area contributed by atoms with Gasteiger partial charge in [-0.1, -0.05) is 0 Å². The molecule has 0 aromatic rings. The van der Waals surface area contributed by atoms with E-state index in [4.69, 9.17) is 16.7 Å². The highest BCUT2D eigenvalue weighted by molar-refractivity contribution is 6.18. The monoisotopic (exact) mass is 209 g/mol. The van der Waals surface area contributed by atoms with Crippen molar-refractivity contribution in [2.45, 2.75) is 12.5 Å². The highest BCUT2D eigenvalue weighted by Crippen LogP contribution is 1.90. The summed E-state index contributed by atoms with van der Waals surface area (Å²) in [5.74, 6) is -0.893. The van der Waals surface area contributed by atoms with Crippen LogP contribution in [0.4, 0.5) is 0 Å². The summed E-state index contributed by atoms with van der Waals surface area (Å²) in [4.78, 5) is 21.8. The minimum Gasteiger partial charge on any atom is -0.467 e. The van der Waals surface area contributed by atoms with Crippen LogP contribution in [-0.4, -0.2) is 42.6 Å². The number of aliphatic hydroxyl groups excluding tert-OH is 1. The van der Waals surface area contributed by atoms with E-state index in [0.29, 0.717) is 0 Å². The average molecular weight is 210 g/mol. The normalized spacial score (nSPS) is 11.9. The number of ether oxygens (including phenoxy) is 1. The van der Waals surface area contributed by atoms with Crippen molar-refractivity contribution in [3.05, 3.63) is 0 Å². The van der Waals surface area contributed by atoms with E-state index in [9.17, 15) is 9.59 Å². The summed E-state index contributed by atoms with van der Waals surface area (Å²) < 4.78 is 4.34. The maximum Gasteiger partial charge on any atom is 0.330 e. The fraction of sp³-hybridized carbons (Fsp3) is 0.714. The molecule has 0 aromatic heterocycles. The summed E-state index contributed by atoms with van der Waals surface area (Å²) in [7, 11) is 1.18. The van der Waals surface area contributed by atoms with Crippen molar-refractivity contribution in [2.75, 3.05) is 19.6 Å². The van der Waals surface area contributed by atoms with Gasteiger partial charge < -0.3 is 15.2 Å². The van der Waals surface area contributed by atoms with E-state index < -0.39 is 18.6 Å². The van der Waals surface area contributed by atoms with Crippen molar-refractivity contribution in [2.24, 2.45) is 0 Å². The molecule has 0 saturated heterocycles. The van der Waals surface area contributed by atoms with Crippen LogP contribution in [0.15, 0.2) is 0 Å². The third kappa shape index (κ3) is 4.69. The Labute approximate surface area is 81.0 Å². The minimum atomic E-state index is -0.999. The molecule has 0 aliphatic heterocycles. The molecule has 6 heteroatoms. The lowest BCUT2D eigenvalue weighted by Crippen LogP contribution is -2.44. The molecule has 0 spiro atoms. The van der Waals surface area contributed by atoms with E-state index >= 15 is 0 Å². The predicted molar refractivity (Wildman–Crippen MR) is 46.4 cm³/mol. The van der Waals surface area contributed by atoms with Crippen LogP contribution < -0.4 is 5.32 Å². The molecule has 0 aliphatic carbocycles. The number of hydrogen-bond acceptors (Lipinski definition) is 4. The van der Waals surface area contributed by atoms with Crippen LogP contribution in [-0.2, 0) is 14.3 Å². The average Bonchev–Trinajstić information content (AvgIpc) is 2.13. The first-order chi connectivity index (χ1) is 6.15. The number of carbonyl (C=O) groups is 2. The first kappa shape index (κ1) is 12.2. The van der Waals surface area contributed by atoms with Crippen molar-refractivity contribution in [1.82, 2.24) is 5.32 Å². The zero-order valence-electron chi connectivity index (χ0n) is 7.25. The number of aliphatic hydroxyl groups is 1. The molecule has 0 bridgehead atoms. The molecule has 0 aliphatic rings. The summed E-state index contributed by atoms with van der Waals surface area (Å²) >= 11 is 5.30. The fourth-order valence-electron chi connectivity index (χ4n) is 0.674. The van der Waals surface area contributed by atoms with Gasteiger partial charge in [0, 0.05) is 12.3 Å². The van der Waals surface area contributed by atoms with Crippen LogP contribution in [0.25, 0.3) is 0 Å². The predicted octanol–water partition coefficient (Wildman–Crippen LogP) is -0.735. The summed E-state index contributed by atoms with van der Waals surface area (Å²) in [5, 5.41) is 11.0. The lowest BCUT2D eigenvalue weighted by Gasteiger charge is -2.12. The van der Waals surface area contributed by atoms with E-state index in [1.165, 1.54) is 7.11 Å². The second kappa shape index (κ2) is 6.68. The van der Waals surface area contributed by atoms with Gasteiger partial charge in [0.2, 0.25) is 5.91 Å². The number of hydrogen-bond donors (Lipinski definition) is 2. The van der Waals surface area contributed by atoms with E-state index in [0.717, 1.165) is 0 Å². The van der Waals surface area contributed by atoms with Crippen LogP contribution in [0.1, 0.15) is 6.42 Å². The number of carbonyl (C=O) groups excluding carboxylic acids is 2. The Morgan fingerprint density at radius 1 is 1.62 bits per heavy atom. The maximum absolute atomic E-state index is 10.9. The van der Waals surface area contributed by atoms with Crippen molar-refractivity contribution in [3.8, 4) is 0 Å². The van der Waals surface area contributed by atoms with Crippen molar-refractivity contribution < 1.29 is 19.4 Å². The van der Waals surface area contributed by atoms with Crippen LogP contribution in [0.2, 0.25) is 0 Å². The molecule has 1 atom stereocenters. The zero-order valence-corrected chi connectivity index (χ0v) is 8.00. The molecule has 5 nitrogen and oxygen atoms in total. The molecule has 0 heterocycles. The van der Waals surface area contributed by atoms with Crippen LogP contribution in [0.3, 0.4) is 0 Å². The number of nitrogens with one attached hydrogen (secondary N) is 1. The summed E-state index contributed by atoms with van der Waals surface area (Å²) in [6.07, 6.45) is 0.106. The largest absolute Gasteiger partial charge is 0.467 e. The summed E-state index contributed by atoms with van der Waals surface area (Å²) in [6, 6.07) is -0.999. The van der Waals surface area contributed by atoms with Crippen LogP contribution in [0, 0.1) is 0 Å². The molecule has 1 amide bonds. The van der Waals surface area contributed by atoms with E-state index in [1.807, 2.05) is 0 Å². The van der Waals surface area contributed by atoms with Crippen molar-refractivity contribution >= 4 is 23.5 Å². The Morgan fingerprint density at radius 3 is 2.62 bits per heavy atom. The number of rotatable bonds is 5. The lowest BCUT2D eigenvalue weighted by atomic mass is 10.3. The van der Waals surface area contributed by atoms with E-state index in [-0.39, 0.29) is 18.2 Å². The number of methoxy groups -OCH3 is 1. The first-order valence-corrected chi connectivity index (χ1v) is 4.23. The Bertz CT molecular complexity index is 185. The quantitative estimate of drug-likeness (QED) is 0.462. The second-order valence-electron chi connectivity index (χ2n) is 2.26. The molecule has 13 heavy (non-hydrogen) atoms. The number of esters is 1. The molecule has 0 unspecified atom stereocenters. The van der Waals surface area contributed by atoms with Gasteiger partial charge in [-0.15, -0.1) is 11.6 Å². The van der Waals surface area contributed by atoms with Gasteiger partial charge in [0.15, 0.2) is 6.04 Å². The molecular formula is C7H12ClNO4. The van der Waals surface area contributed by atoms with Gasteiger partial charge in [-0.25, -0.2) is 4.79 Å². The van der Waals surface area contributed by atoms with E-state index in [1.54, 1.807) is 0 Å². The number of alkyl halides is 1. The van der Waals surface area contributed by atoms with Crippen LogP contribution >= 0.6 is 11.6 Å². The lowest BCUT2D eigenvalue weighted by molar-refractivity contribution is -0.146. The van der Waals surface area contributed by atoms with Gasteiger partial charge in [0.05, 0.1) is 13.7 Å². The van der Waals surface area contributed by atoms with Gasteiger partial charge in [0.1, 0.15) is 0 Å². The van der Waals surface area contributed by atoms with Gasteiger partial charge >= 0.3 is 5.97 Å². The third-order valence-corrected chi connectivity index (χ3v) is 1.51. The fourth-order valence-corrected chi connectivity index (χ4v) is 0.845. The van der Waals surface area contributed by atoms with Crippen LogP contribution in [0.5, 0.6) is 0 Å². The maximum atomic E-state index is 10.9. The Hall–Kier alpha value is -0.810. The topological polar surface area (TPSA) is 75.6 Å². The Balaban J connectivity index is 3.97. The SMILES string of the molecule is COC(=O)[C@H](CO)NC(=O)CCCl. The highest BCUT2D eigenvalue weighted by atomic mass is 35.5. The first-order valence-electron chi connectivity index (χ1n) is 3.69. The molecule has 0 aromatic carbocycles. The van der Waals surface area contributed by atoms with Gasteiger partial charge in [0.25, 0.3) is 0 Å². The highest BCUT2D eigenvalue weighted by Gasteiger charge is 2.19. The summed E-state index contributed by atoms with van der Waals surface area (Å²) in [6.45, 7) is -0.485. The molecule has 0 saturated carbocycles. The van der Waals surface area contributed by atoms with Crippen molar-refractivity contribution in [1.29, 1.82) is 0 Å². The Kier molecular flexibility index (Phi) is 6.26. The molecule has 0 radical (unpaired) electrons. The van der Waals surface area contributed by atoms with Crippen molar-refractivity contribution in [3.63, 3.8) is 0 Å². The molecule has 0 fully saturated rings. The number of halogens is 1. The smallest absolute Gasteiger partial charge is 0.330 e. The molecule has 76 valence electrons. The molecule has 2 N–H and O–H groups in total. The second-order valence-corrected chi connectivity index (χ2v) is 2.64. The van der Waals surface area contributed by atoms with Gasteiger partial charge in [-0.2, -0.15) is 0 Å². The molecule has 0 rings (SSSR count). The standard InChI is InChI=1S/C7H12ClNO4/c1-13-7(12)5(4-10)9-6(11)2-3-8/h5,10H,2-4H2,1H3,(H,9,11)/t5-/m0/s1. The van der Waals surface area contributed by atoms with Gasteiger partial charge in [-0.05, 0) is 0 Å². The third-order valence-electron chi connectivity index (χ3n) is 1.33. The zero-order chi connectivity index (χ0) is 10.3. The Morgan fingerprint density at radius 2 is 2.23 bits per heavy atom. The van der Waals surface area contributed by atoms with E-state index in [2.05, 4.69) is 10.1 Å². The minimum absolute atomic E-state index is 0.106. The van der Waals surface area contributed by atoms with Gasteiger partial charge in [-0.3, -0.25) is 4.79 Å². The molecular weight excluding hydrogens is 198 g/mol. The summed E-state index contributed by atoms with van der Waals surface area (Å²) in [5.41, 5.74) is 0.